The minimum absolute atomic E-state index is 0.00116. The van der Waals surface area contributed by atoms with Crippen molar-refractivity contribution < 1.29 is 9.59 Å². The Labute approximate surface area is 109 Å². The molecule has 1 aliphatic heterocycles. The van der Waals surface area contributed by atoms with Gasteiger partial charge in [0.15, 0.2) is 0 Å². The summed E-state index contributed by atoms with van der Waals surface area (Å²) in [6.45, 7) is 5.33. The Morgan fingerprint density at radius 3 is 2.78 bits per heavy atom. The van der Waals surface area contributed by atoms with Crippen molar-refractivity contribution in [1.82, 2.24) is 16.0 Å². The lowest BCUT2D eigenvalue weighted by Crippen LogP contribution is -2.47. The lowest BCUT2D eigenvalue weighted by molar-refractivity contribution is -0.124. The van der Waals surface area contributed by atoms with E-state index in [-0.39, 0.29) is 23.9 Å². The van der Waals surface area contributed by atoms with Crippen LogP contribution < -0.4 is 16.0 Å². The van der Waals surface area contributed by atoms with Crippen molar-refractivity contribution in [3.63, 3.8) is 0 Å². The predicted molar refractivity (Wildman–Crippen MR) is 71.2 cm³/mol. The number of carbonyl (C=O) groups is 2. The highest BCUT2D eigenvalue weighted by Gasteiger charge is 2.19. The number of hydrogen-bond acceptors (Lipinski definition) is 3. The smallest absolute Gasteiger partial charge is 0.237 e. The molecule has 0 aromatic rings. The predicted octanol–water partition coefficient (Wildman–Crippen LogP) is 0.550. The van der Waals surface area contributed by atoms with Gasteiger partial charge >= 0.3 is 0 Å². The lowest BCUT2D eigenvalue weighted by Gasteiger charge is -2.22. The number of rotatable bonds is 6. The maximum absolute atomic E-state index is 11.8. The Morgan fingerprint density at radius 1 is 1.39 bits per heavy atom. The van der Waals surface area contributed by atoms with Crippen LogP contribution in [0.25, 0.3) is 0 Å². The molecule has 2 amide bonds. The fourth-order valence-corrected chi connectivity index (χ4v) is 1.95. The molecule has 1 fully saturated rings. The van der Waals surface area contributed by atoms with Gasteiger partial charge in [-0.1, -0.05) is 13.3 Å². The molecule has 1 heterocycles. The standard InChI is InChI=1S/C13H25N3O2/c1-3-10(2)16-12(17)7-9-15-13(18)11-6-4-5-8-14-11/h10-11,14H,3-9H2,1-2H3,(H,15,18)(H,16,17). The first-order valence-electron chi connectivity index (χ1n) is 6.94. The fourth-order valence-electron chi connectivity index (χ4n) is 1.95. The third kappa shape index (κ3) is 5.49. The Balaban J connectivity index is 2.12. The summed E-state index contributed by atoms with van der Waals surface area (Å²) in [4.78, 5) is 23.2. The molecule has 1 saturated heterocycles. The first kappa shape index (κ1) is 15.0. The van der Waals surface area contributed by atoms with Gasteiger partial charge in [0, 0.05) is 19.0 Å². The van der Waals surface area contributed by atoms with E-state index in [2.05, 4.69) is 16.0 Å². The summed E-state index contributed by atoms with van der Waals surface area (Å²) >= 11 is 0. The van der Waals surface area contributed by atoms with Crippen molar-refractivity contribution in [2.24, 2.45) is 0 Å². The van der Waals surface area contributed by atoms with Gasteiger partial charge in [-0.2, -0.15) is 0 Å². The number of amides is 2. The molecule has 2 atom stereocenters. The first-order valence-corrected chi connectivity index (χ1v) is 6.94. The van der Waals surface area contributed by atoms with Crippen LogP contribution in [-0.4, -0.2) is 37.0 Å². The van der Waals surface area contributed by atoms with E-state index in [0.717, 1.165) is 32.2 Å². The molecular formula is C13H25N3O2. The summed E-state index contributed by atoms with van der Waals surface area (Å²) in [5, 5.41) is 8.87. The normalized spacial score (nSPS) is 21.1. The molecular weight excluding hydrogens is 230 g/mol. The molecule has 0 bridgehead atoms. The summed E-state index contributed by atoms with van der Waals surface area (Å²) in [7, 11) is 0. The van der Waals surface area contributed by atoms with Gasteiger partial charge < -0.3 is 16.0 Å². The molecule has 1 aliphatic rings. The average Bonchev–Trinajstić information content (AvgIpc) is 2.39. The second-order valence-corrected chi connectivity index (χ2v) is 4.92. The van der Waals surface area contributed by atoms with Crippen LogP contribution in [0.4, 0.5) is 0 Å². The summed E-state index contributed by atoms with van der Waals surface area (Å²) in [6.07, 6.45) is 4.40. The largest absolute Gasteiger partial charge is 0.354 e. The molecule has 0 aromatic carbocycles. The lowest BCUT2D eigenvalue weighted by atomic mass is 10.0. The van der Waals surface area contributed by atoms with Crippen LogP contribution in [-0.2, 0) is 9.59 Å². The second kappa shape index (κ2) is 8.08. The topological polar surface area (TPSA) is 70.2 Å². The molecule has 18 heavy (non-hydrogen) atoms. The first-order chi connectivity index (χ1) is 8.63. The molecule has 2 unspecified atom stereocenters. The summed E-state index contributed by atoms with van der Waals surface area (Å²) < 4.78 is 0. The number of piperidine rings is 1. The van der Waals surface area contributed by atoms with E-state index in [1.165, 1.54) is 0 Å². The molecule has 5 nitrogen and oxygen atoms in total. The second-order valence-electron chi connectivity index (χ2n) is 4.92. The Morgan fingerprint density at radius 2 is 2.17 bits per heavy atom. The van der Waals surface area contributed by atoms with E-state index < -0.39 is 0 Å². The summed E-state index contributed by atoms with van der Waals surface area (Å²) in [5.74, 6) is 0.0206. The van der Waals surface area contributed by atoms with Gasteiger partial charge in [0.1, 0.15) is 0 Å². The van der Waals surface area contributed by atoms with Crippen LogP contribution in [0.1, 0.15) is 46.0 Å². The van der Waals surface area contributed by atoms with Crippen molar-refractivity contribution in [1.29, 1.82) is 0 Å². The molecule has 0 saturated carbocycles. The highest BCUT2D eigenvalue weighted by molar-refractivity contribution is 5.82. The van der Waals surface area contributed by atoms with Crippen molar-refractivity contribution in [2.45, 2.75) is 58.0 Å². The summed E-state index contributed by atoms with van der Waals surface area (Å²) in [6, 6.07) is 0.129. The number of hydrogen-bond donors (Lipinski definition) is 3. The maximum Gasteiger partial charge on any atom is 0.237 e. The van der Waals surface area contributed by atoms with Crippen LogP contribution >= 0.6 is 0 Å². The van der Waals surface area contributed by atoms with Crippen molar-refractivity contribution in [2.75, 3.05) is 13.1 Å². The fraction of sp³-hybridized carbons (Fsp3) is 0.846. The molecule has 0 aliphatic carbocycles. The third-order valence-electron chi connectivity index (χ3n) is 3.30. The number of nitrogens with one attached hydrogen (secondary N) is 3. The zero-order valence-corrected chi connectivity index (χ0v) is 11.4. The van der Waals surface area contributed by atoms with Crippen molar-refractivity contribution >= 4 is 11.8 Å². The zero-order chi connectivity index (χ0) is 13.4. The van der Waals surface area contributed by atoms with Crippen LogP contribution in [0.2, 0.25) is 0 Å². The molecule has 0 radical (unpaired) electrons. The van der Waals surface area contributed by atoms with E-state index in [4.69, 9.17) is 0 Å². The molecule has 0 spiro atoms. The van der Waals surface area contributed by atoms with Gasteiger partial charge in [0.05, 0.1) is 6.04 Å². The zero-order valence-electron chi connectivity index (χ0n) is 11.4. The molecule has 3 N–H and O–H groups in total. The Hall–Kier alpha value is -1.10. The quantitative estimate of drug-likeness (QED) is 0.649. The van der Waals surface area contributed by atoms with Gasteiger partial charge in [-0.15, -0.1) is 0 Å². The Bertz CT molecular complexity index is 275. The van der Waals surface area contributed by atoms with Gasteiger partial charge in [0.2, 0.25) is 11.8 Å². The molecule has 5 heteroatoms. The van der Waals surface area contributed by atoms with Gasteiger partial charge in [-0.05, 0) is 32.7 Å². The van der Waals surface area contributed by atoms with E-state index in [1.54, 1.807) is 0 Å². The molecule has 1 rings (SSSR count). The van der Waals surface area contributed by atoms with E-state index >= 15 is 0 Å². The SMILES string of the molecule is CCC(C)NC(=O)CCNC(=O)C1CCCCN1. The highest BCUT2D eigenvalue weighted by Crippen LogP contribution is 2.06. The molecule has 104 valence electrons. The van der Waals surface area contributed by atoms with E-state index in [1.807, 2.05) is 13.8 Å². The van der Waals surface area contributed by atoms with Gasteiger partial charge in [-0.25, -0.2) is 0 Å². The van der Waals surface area contributed by atoms with E-state index in [9.17, 15) is 9.59 Å². The van der Waals surface area contributed by atoms with Crippen LogP contribution in [0, 0.1) is 0 Å². The monoisotopic (exact) mass is 255 g/mol. The summed E-state index contributed by atoms with van der Waals surface area (Å²) in [5.41, 5.74) is 0. The maximum atomic E-state index is 11.8. The van der Waals surface area contributed by atoms with Crippen LogP contribution in [0.15, 0.2) is 0 Å². The van der Waals surface area contributed by atoms with Gasteiger partial charge in [-0.3, -0.25) is 9.59 Å². The van der Waals surface area contributed by atoms with Crippen molar-refractivity contribution in [3.8, 4) is 0 Å². The third-order valence-corrected chi connectivity index (χ3v) is 3.30. The Kier molecular flexibility index (Phi) is 6.72. The minimum atomic E-state index is -0.0728. The van der Waals surface area contributed by atoms with Crippen molar-refractivity contribution in [3.05, 3.63) is 0 Å². The van der Waals surface area contributed by atoms with E-state index in [0.29, 0.717) is 13.0 Å². The van der Waals surface area contributed by atoms with Gasteiger partial charge in [0.25, 0.3) is 0 Å². The average molecular weight is 255 g/mol. The highest BCUT2D eigenvalue weighted by atomic mass is 16.2. The van der Waals surface area contributed by atoms with Crippen LogP contribution in [0.3, 0.4) is 0 Å². The molecule has 0 aromatic heterocycles. The van der Waals surface area contributed by atoms with Crippen LogP contribution in [0.5, 0.6) is 0 Å². The number of carbonyl (C=O) groups excluding carboxylic acids is 2. The minimum Gasteiger partial charge on any atom is -0.354 e.